The van der Waals surface area contributed by atoms with E-state index in [-0.39, 0.29) is 12.5 Å². The molecule has 0 spiro atoms. The molecule has 1 aliphatic rings. The van der Waals surface area contributed by atoms with Gasteiger partial charge in [0.15, 0.2) is 0 Å². The van der Waals surface area contributed by atoms with E-state index in [1.807, 2.05) is 0 Å². The molecule has 0 atom stereocenters. The van der Waals surface area contributed by atoms with Gasteiger partial charge in [0.25, 0.3) is 5.91 Å². The van der Waals surface area contributed by atoms with Gasteiger partial charge >= 0.3 is 0 Å². The molecule has 0 radical (unpaired) electrons. The van der Waals surface area contributed by atoms with Crippen LogP contribution in [0.5, 0.6) is 0 Å². The van der Waals surface area contributed by atoms with E-state index in [2.05, 4.69) is 4.99 Å². The van der Waals surface area contributed by atoms with Crippen molar-refractivity contribution in [1.29, 1.82) is 0 Å². The smallest absolute Gasteiger partial charge is 0.270 e. The minimum absolute atomic E-state index is 0.102. The lowest BCUT2D eigenvalue weighted by molar-refractivity contribution is -0.113. The first-order valence-corrected chi connectivity index (χ1v) is 2.22. The van der Waals surface area contributed by atoms with Crippen LogP contribution in [0.4, 0.5) is 0 Å². The van der Waals surface area contributed by atoms with Gasteiger partial charge in [-0.25, -0.2) is 4.99 Å². The Morgan fingerprint density at radius 1 is 1.75 bits per heavy atom. The molecule has 1 N–H and O–H groups in total. The monoisotopic (exact) mass is 111 g/mol. The summed E-state index contributed by atoms with van der Waals surface area (Å²) in [7, 11) is 0. The second kappa shape index (κ2) is 1.88. The third kappa shape index (κ3) is 0.816. The molecule has 1 amide bonds. The van der Waals surface area contributed by atoms with Gasteiger partial charge in [-0.1, -0.05) is 0 Å². The molecule has 8 heavy (non-hydrogen) atoms. The number of rotatable bonds is 1. The third-order valence-corrected chi connectivity index (χ3v) is 0.849. The highest BCUT2D eigenvalue weighted by Crippen LogP contribution is 1.97. The second-order valence-electron chi connectivity index (χ2n) is 1.47. The fourth-order valence-corrected chi connectivity index (χ4v) is 0.466. The largest absolute Gasteiger partial charge is 0.392 e. The highest BCUT2D eigenvalue weighted by atomic mass is 16.3. The minimum atomic E-state index is -0.283. The zero-order chi connectivity index (χ0) is 5.98. The zero-order valence-corrected chi connectivity index (χ0v) is 4.16. The molecular weight excluding hydrogens is 106 g/mol. The van der Waals surface area contributed by atoms with Gasteiger partial charge in [0.05, 0.1) is 6.61 Å². The van der Waals surface area contributed by atoms with Crippen molar-refractivity contribution in [2.45, 2.75) is 0 Å². The Hall–Kier alpha value is -0.960. The number of aliphatic imine (C=N–C) groups is 1. The number of carbonyl (C=O) groups is 1. The summed E-state index contributed by atoms with van der Waals surface area (Å²) in [5, 5.41) is 8.37. The number of aliphatic hydroxyl groups is 1. The predicted octanol–water partition coefficient (Wildman–Crippen LogP) is -0.484. The van der Waals surface area contributed by atoms with E-state index in [1.54, 1.807) is 0 Å². The van der Waals surface area contributed by atoms with Crippen LogP contribution in [0.1, 0.15) is 0 Å². The first kappa shape index (κ1) is 5.18. The lowest BCUT2D eigenvalue weighted by Crippen LogP contribution is -1.86. The van der Waals surface area contributed by atoms with Gasteiger partial charge < -0.3 is 5.11 Å². The fourth-order valence-electron chi connectivity index (χ4n) is 0.466. The Balaban J connectivity index is 2.72. The summed E-state index contributed by atoms with van der Waals surface area (Å²) in [4.78, 5) is 13.6. The Labute approximate surface area is 46.4 Å². The van der Waals surface area contributed by atoms with Crippen molar-refractivity contribution in [3.8, 4) is 0 Å². The molecule has 0 aromatic rings. The Morgan fingerprint density at radius 3 is 2.75 bits per heavy atom. The number of hydrogen-bond donors (Lipinski definition) is 1. The molecular formula is C5H5NO2. The van der Waals surface area contributed by atoms with Crippen LogP contribution in [0.15, 0.2) is 16.6 Å². The second-order valence-corrected chi connectivity index (χ2v) is 1.47. The molecule has 3 nitrogen and oxygen atoms in total. The van der Waals surface area contributed by atoms with Crippen molar-refractivity contribution >= 4 is 12.1 Å². The number of hydrogen-bond acceptors (Lipinski definition) is 2. The molecule has 42 valence electrons. The lowest BCUT2D eigenvalue weighted by atomic mass is 10.3. The fraction of sp³-hybridized carbons (Fsp3) is 0.200. The minimum Gasteiger partial charge on any atom is -0.392 e. The summed E-state index contributed by atoms with van der Waals surface area (Å²) in [6.07, 6.45) is 2.67. The predicted molar refractivity (Wildman–Crippen MR) is 28.7 cm³/mol. The molecule has 0 bridgehead atoms. The summed E-state index contributed by atoms with van der Waals surface area (Å²) < 4.78 is 0. The maximum absolute atomic E-state index is 10.2. The van der Waals surface area contributed by atoms with Crippen LogP contribution in [0.2, 0.25) is 0 Å². The van der Waals surface area contributed by atoms with Crippen molar-refractivity contribution in [2.24, 2.45) is 4.99 Å². The van der Waals surface area contributed by atoms with Crippen molar-refractivity contribution in [3.63, 3.8) is 0 Å². The Morgan fingerprint density at radius 2 is 2.50 bits per heavy atom. The molecule has 3 heteroatoms. The van der Waals surface area contributed by atoms with E-state index in [0.29, 0.717) is 5.57 Å². The zero-order valence-electron chi connectivity index (χ0n) is 4.16. The summed E-state index contributed by atoms with van der Waals surface area (Å²) in [5.41, 5.74) is 0.579. The highest BCUT2D eigenvalue weighted by Gasteiger charge is 2.02. The van der Waals surface area contributed by atoms with Crippen LogP contribution in [0, 0.1) is 0 Å². The molecule has 1 aliphatic heterocycles. The molecule has 1 heterocycles. The Bertz CT molecular complexity index is 169. The SMILES string of the molecule is O=C1C=C(CO)C=N1. The summed E-state index contributed by atoms with van der Waals surface area (Å²) in [5.74, 6) is -0.283. The average molecular weight is 111 g/mol. The van der Waals surface area contributed by atoms with E-state index in [1.165, 1.54) is 12.3 Å². The summed E-state index contributed by atoms with van der Waals surface area (Å²) >= 11 is 0. The lowest BCUT2D eigenvalue weighted by Gasteiger charge is -1.80. The van der Waals surface area contributed by atoms with E-state index >= 15 is 0 Å². The van der Waals surface area contributed by atoms with Gasteiger partial charge in [-0.2, -0.15) is 0 Å². The van der Waals surface area contributed by atoms with Crippen LogP contribution >= 0.6 is 0 Å². The maximum atomic E-state index is 10.2. The third-order valence-electron chi connectivity index (χ3n) is 0.849. The molecule has 0 saturated heterocycles. The van der Waals surface area contributed by atoms with Crippen molar-refractivity contribution in [2.75, 3.05) is 6.61 Å². The van der Waals surface area contributed by atoms with E-state index < -0.39 is 0 Å². The van der Waals surface area contributed by atoms with Crippen LogP contribution < -0.4 is 0 Å². The average Bonchev–Trinajstić information content (AvgIpc) is 2.14. The molecule has 1 rings (SSSR count). The number of amides is 1. The van der Waals surface area contributed by atoms with Gasteiger partial charge in [-0.3, -0.25) is 4.79 Å². The molecule has 0 fully saturated rings. The van der Waals surface area contributed by atoms with Gasteiger partial charge in [0.1, 0.15) is 0 Å². The quantitative estimate of drug-likeness (QED) is 0.496. The van der Waals surface area contributed by atoms with Crippen LogP contribution in [-0.2, 0) is 4.79 Å². The molecule has 0 aliphatic carbocycles. The molecule has 0 saturated carbocycles. The summed E-state index contributed by atoms with van der Waals surface area (Å²) in [6, 6.07) is 0. The molecule has 0 aromatic heterocycles. The van der Waals surface area contributed by atoms with Gasteiger partial charge in [0, 0.05) is 17.9 Å². The Kier molecular flexibility index (Phi) is 1.22. The van der Waals surface area contributed by atoms with Crippen molar-refractivity contribution < 1.29 is 9.90 Å². The number of carbonyl (C=O) groups excluding carboxylic acids is 1. The van der Waals surface area contributed by atoms with E-state index in [4.69, 9.17) is 5.11 Å². The standard InChI is InChI=1S/C5H5NO2/c7-3-4-1-5(8)6-2-4/h1-2,7H,3H2. The summed E-state index contributed by atoms with van der Waals surface area (Å²) in [6.45, 7) is -0.102. The van der Waals surface area contributed by atoms with Gasteiger partial charge in [-0.15, -0.1) is 0 Å². The van der Waals surface area contributed by atoms with E-state index in [9.17, 15) is 4.79 Å². The van der Waals surface area contributed by atoms with Crippen LogP contribution in [0.3, 0.4) is 0 Å². The van der Waals surface area contributed by atoms with Crippen molar-refractivity contribution in [3.05, 3.63) is 11.6 Å². The molecule has 0 aromatic carbocycles. The number of nitrogens with zero attached hydrogens (tertiary/aromatic N) is 1. The van der Waals surface area contributed by atoms with Crippen LogP contribution in [-0.4, -0.2) is 23.8 Å². The maximum Gasteiger partial charge on any atom is 0.270 e. The topological polar surface area (TPSA) is 49.7 Å². The molecule has 0 unspecified atom stereocenters. The van der Waals surface area contributed by atoms with E-state index in [0.717, 1.165) is 0 Å². The number of aliphatic hydroxyl groups excluding tert-OH is 1. The van der Waals surface area contributed by atoms with Crippen LogP contribution in [0.25, 0.3) is 0 Å². The van der Waals surface area contributed by atoms with Crippen molar-refractivity contribution in [1.82, 2.24) is 0 Å². The first-order valence-electron chi connectivity index (χ1n) is 2.22. The van der Waals surface area contributed by atoms with Gasteiger partial charge in [-0.05, 0) is 0 Å². The normalized spacial score (nSPS) is 17.1. The first-order chi connectivity index (χ1) is 3.83. The van der Waals surface area contributed by atoms with Gasteiger partial charge in [0.2, 0.25) is 0 Å². The highest BCUT2D eigenvalue weighted by molar-refractivity contribution is 6.06.